The van der Waals surface area contributed by atoms with Gasteiger partial charge in [0.05, 0.1) is 24.0 Å². The van der Waals surface area contributed by atoms with Crippen LogP contribution in [-0.4, -0.2) is 17.4 Å². The van der Waals surface area contributed by atoms with Gasteiger partial charge in [0, 0.05) is 22.5 Å². The third-order valence-corrected chi connectivity index (χ3v) is 4.35. The smallest absolute Gasteiger partial charge is 0.253 e. The molecule has 21 heavy (non-hydrogen) atoms. The van der Waals surface area contributed by atoms with Gasteiger partial charge >= 0.3 is 0 Å². The molecule has 5 heteroatoms. The Balaban J connectivity index is 1.99. The van der Waals surface area contributed by atoms with Gasteiger partial charge in [-0.3, -0.25) is 9.78 Å². The molecular weight excluding hydrogens is 282 g/mol. The van der Waals surface area contributed by atoms with Gasteiger partial charge in [-0.1, -0.05) is 13.8 Å². The predicted molar refractivity (Wildman–Crippen MR) is 87.9 cm³/mol. The van der Waals surface area contributed by atoms with Gasteiger partial charge in [-0.15, -0.1) is 11.3 Å². The Kier molecular flexibility index (Phi) is 5.75. The fraction of sp³-hybridized carbons (Fsp3) is 0.375. The zero-order valence-electron chi connectivity index (χ0n) is 12.5. The van der Waals surface area contributed by atoms with Crippen molar-refractivity contribution in [2.45, 2.75) is 33.2 Å². The number of nitrogens with one attached hydrogen (secondary N) is 2. The maximum atomic E-state index is 12.3. The lowest BCUT2D eigenvalue weighted by atomic mass is 10.2. The minimum atomic E-state index is -0.0672. The van der Waals surface area contributed by atoms with Crippen LogP contribution in [0.25, 0.3) is 0 Å². The molecule has 1 amide bonds. The zero-order chi connectivity index (χ0) is 15.1. The molecule has 0 aromatic carbocycles. The Bertz CT molecular complexity index is 595. The quantitative estimate of drug-likeness (QED) is 0.823. The molecule has 112 valence electrons. The summed E-state index contributed by atoms with van der Waals surface area (Å²) in [4.78, 5) is 18.9. The van der Waals surface area contributed by atoms with Gasteiger partial charge in [-0.25, -0.2) is 0 Å². The molecule has 0 saturated carbocycles. The Morgan fingerprint density at radius 1 is 1.24 bits per heavy atom. The van der Waals surface area contributed by atoms with Crippen LogP contribution >= 0.6 is 11.3 Å². The van der Waals surface area contributed by atoms with E-state index in [-0.39, 0.29) is 5.91 Å². The van der Waals surface area contributed by atoms with Gasteiger partial charge in [0.25, 0.3) is 5.91 Å². The third kappa shape index (κ3) is 4.29. The van der Waals surface area contributed by atoms with Crippen LogP contribution < -0.4 is 10.6 Å². The maximum absolute atomic E-state index is 12.3. The van der Waals surface area contributed by atoms with Gasteiger partial charge in [0.15, 0.2) is 0 Å². The second-order valence-corrected chi connectivity index (χ2v) is 6.01. The van der Waals surface area contributed by atoms with E-state index < -0.39 is 0 Å². The largest absolute Gasteiger partial charge is 0.383 e. The lowest BCUT2D eigenvalue weighted by Crippen LogP contribution is -2.23. The van der Waals surface area contributed by atoms with Crippen molar-refractivity contribution in [2.75, 3.05) is 11.9 Å². The van der Waals surface area contributed by atoms with Crippen LogP contribution in [0.4, 0.5) is 5.69 Å². The van der Waals surface area contributed by atoms with Crippen molar-refractivity contribution in [3.63, 3.8) is 0 Å². The molecule has 0 unspecified atom stereocenters. The number of rotatable bonds is 7. The molecule has 0 aliphatic rings. The predicted octanol–water partition coefficient (Wildman–Crippen LogP) is 3.46. The molecular formula is C16H21N3OS. The number of pyridine rings is 1. The van der Waals surface area contributed by atoms with Gasteiger partial charge in [0.2, 0.25) is 0 Å². The third-order valence-electron chi connectivity index (χ3n) is 3.12. The van der Waals surface area contributed by atoms with E-state index in [1.54, 1.807) is 29.8 Å². The number of amides is 1. The summed E-state index contributed by atoms with van der Waals surface area (Å²) >= 11 is 1.75. The molecule has 0 atom stereocenters. The van der Waals surface area contributed by atoms with Gasteiger partial charge < -0.3 is 10.6 Å². The highest BCUT2D eigenvalue weighted by atomic mass is 32.1. The minimum Gasteiger partial charge on any atom is -0.383 e. The second kappa shape index (κ2) is 7.78. The van der Waals surface area contributed by atoms with Crippen molar-refractivity contribution in [3.8, 4) is 0 Å². The average Bonchev–Trinajstić information content (AvgIpc) is 2.99. The van der Waals surface area contributed by atoms with E-state index in [9.17, 15) is 4.79 Å². The zero-order valence-corrected chi connectivity index (χ0v) is 13.3. The number of hydrogen-bond donors (Lipinski definition) is 2. The van der Waals surface area contributed by atoms with Gasteiger partial charge in [-0.2, -0.15) is 0 Å². The van der Waals surface area contributed by atoms with Crippen LogP contribution in [-0.2, 0) is 13.0 Å². The van der Waals surface area contributed by atoms with Gasteiger partial charge in [-0.05, 0) is 31.0 Å². The molecule has 0 fully saturated rings. The van der Waals surface area contributed by atoms with E-state index in [2.05, 4.69) is 41.6 Å². The van der Waals surface area contributed by atoms with Crippen molar-refractivity contribution in [2.24, 2.45) is 0 Å². The molecule has 0 saturated heterocycles. The number of thiophene rings is 1. The van der Waals surface area contributed by atoms with Crippen molar-refractivity contribution in [1.29, 1.82) is 0 Å². The minimum absolute atomic E-state index is 0.0672. The standard InChI is InChI=1S/C16H21N3OS/c1-3-8-18-15-11-17-9-7-14(15)16(20)19-10-13-6-5-12(4-2)21-13/h5-7,9,11,18H,3-4,8,10H2,1-2H3,(H,19,20). The number of aryl methyl sites for hydroxylation is 1. The van der Waals surface area contributed by atoms with E-state index in [0.717, 1.165) is 25.1 Å². The van der Waals surface area contributed by atoms with Crippen LogP contribution in [0, 0.1) is 0 Å². The Morgan fingerprint density at radius 3 is 2.76 bits per heavy atom. The van der Waals surface area contributed by atoms with E-state index in [0.29, 0.717) is 12.1 Å². The molecule has 0 spiro atoms. The molecule has 2 rings (SSSR count). The van der Waals surface area contributed by atoms with Crippen LogP contribution in [0.5, 0.6) is 0 Å². The summed E-state index contributed by atoms with van der Waals surface area (Å²) in [5, 5.41) is 6.21. The van der Waals surface area contributed by atoms with Crippen LogP contribution in [0.15, 0.2) is 30.6 Å². The molecule has 2 aromatic heterocycles. The highest BCUT2D eigenvalue weighted by Gasteiger charge is 2.11. The average molecular weight is 303 g/mol. The van der Waals surface area contributed by atoms with E-state index in [1.807, 2.05) is 0 Å². The first-order valence-electron chi connectivity index (χ1n) is 7.28. The first-order chi connectivity index (χ1) is 10.2. The van der Waals surface area contributed by atoms with Crippen molar-refractivity contribution in [1.82, 2.24) is 10.3 Å². The van der Waals surface area contributed by atoms with Gasteiger partial charge in [0.1, 0.15) is 0 Å². The lowest BCUT2D eigenvalue weighted by molar-refractivity contribution is 0.0952. The molecule has 2 aromatic rings. The topological polar surface area (TPSA) is 54.0 Å². The highest BCUT2D eigenvalue weighted by Crippen LogP contribution is 2.17. The van der Waals surface area contributed by atoms with Crippen LogP contribution in [0.1, 0.15) is 40.4 Å². The number of anilines is 1. The molecule has 0 aliphatic carbocycles. The van der Waals surface area contributed by atoms with E-state index >= 15 is 0 Å². The summed E-state index contributed by atoms with van der Waals surface area (Å²) in [5.41, 5.74) is 1.43. The Labute approximate surface area is 129 Å². The van der Waals surface area contributed by atoms with Crippen LogP contribution in [0.3, 0.4) is 0 Å². The number of aromatic nitrogens is 1. The first-order valence-corrected chi connectivity index (χ1v) is 8.10. The van der Waals surface area contributed by atoms with Crippen LogP contribution in [0.2, 0.25) is 0 Å². The van der Waals surface area contributed by atoms with Crippen molar-refractivity contribution >= 4 is 22.9 Å². The summed E-state index contributed by atoms with van der Waals surface area (Å²) in [5.74, 6) is -0.0672. The maximum Gasteiger partial charge on any atom is 0.253 e. The Hall–Kier alpha value is -1.88. The monoisotopic (exact) mass is 303 g/mol. The molecule has 2 heterocycles. The number of hydrogen-bond acceptors (Lipinski definition) is 4. The number of nitrogens with zero attached hydrogens (tertiary/aromatic N) is 1. The fourth-order valence-electron chi connectivity index (χ4n) is 1.96. The molecule has 0 bridgehead atoms. The summed E-state index contributed by atoms with van der Waals surface area (Å²) in [6.45, 7) is 5.62. The fourth-order valence-corrected chi connectivity index (χ4v) is 2.86. The Morgan fingerprint density at radius 2 is 2.05 bits per heavy atom. The number of carbonyl (C=O) groups excluding carboxylic acids is 1. The second-order valence-electron chi connectivity index (χ2n) is 4.75. The summed E-state index contributed by atoms with van der Waals surface area (Å²) in [6.07, 6.45) is 5.39. The lowest BCUT2D eigenvalue weighted by Gasteiger charge is -2.10. The van der Waals surface area contributed by atoms with Crippen molar-refractivity contribution < 1.29 is 4.79 Å². The molecule has 0 radical (unpaired) electrons. The summed E-state index contributed by atoms with van der Waals surface area (Å²) in [6, 6.07) is 5.94. The van der Waals surface area contributed by atoms with E-state index in [1.165, 1.54) is 9.75 Å². The highest BCUT2D eigenvalue weighted by molar-refractivity contribution is 7.11. The normalized spacial score (nSPS) is 10.4. The number of carbonyl (C=O) groups is 1. The van der Waals surface area contributed by atoms with Crippen molar-refractivity contribution in [3.05, 3.63) is 45.9 Å². The molecule has 0 aliphatic heterocycles. The summed E-state index contributed by atoms with van der Waals surface area (Å²) < 4.78 is 0. The van der Waals surface area contributed by atoms with E-state index in [4.69, 9.17) is 0 Å². The summed E-state index contributed by atoms with van der Waals surface area (Å²) in [7, 11) is 0. The first kappa shape index (κ1) is 15.5. The SMILES string of the molecule is CCCNc1cnccc1C(=O)NCc1ccc(CC)s1. The molecule has 2 N–H and O–H groups in total. The molecule has 4 nitrogen and oxygen atoms in total.